The molecule has 1 aromatic heterocycles. The molecule has 1 unspecified atom stereocenters. The molecule has 1 atom stereocenters. The van der Waals surface area contributed by atoms with Crippen LogP contribution >= 0.6 is 11.6 Å². The second kappa shape index (κ2) is 5.91. The van der Waals surface area contributed by atoms with Crippen LogP contribution in [0.5, 0.6) is 5.75 Å². The number of hydrogen-bond acceptors (Lipinski definition) is 3. The van der Waals surface area contributed by atoms with Gasteiger partial charge in [0.15, 0.2) is 0 Å². The summed E-state index contributed by atoms with van der Waals surface area (Å²) in [6.07, 6.45) is 2.70. The van der Waals surface area contributed by atoms with Crippen molar-refractivity contribution >= 4 is 28.2 Å². The fourth-order valence-electron chi connectivity index (χ4n) is 1.89. The zero-order chi connectivity index (χ0) is 13.0. The number of nitrogens with one attached hydrogen (secondary N) is 1. The van der Waals surface area contributed by atoms with E-state index in [2.05, 4.69) is 10.3 Å². The standard InChI is InChI=1S/C14H17ClN2O/c1-10(15)6-8-16-14-12-4-3-5-13(18-2)11(12)7-9-17-14/h3-5,7,9-10H,6,8H2,1-2H3,(H,16,17). The molecular weight excluding hydrogens is 248 g/mol. The number of anilines is 1. The van der Waals surface area contributed by atoms with Crippen molar-refractivity contribution in [2.45, 2.75) is 18.7 Å². The fourth-order valence-corrected chi connectivity index (χ4v) is 2.00. The Balaban J connectivity index is 2.28. The maximum Gasteiger partial charge on any atom is 0.133 e. The van der Waals surface area contributed by atoms with Crippen LogP contribution in [0.4, 0.5) is 5.82 Å². The molecule has 0 aliphatic heterocycles. The number of aromatic nitrogens is 1. The molecule has 0 saturated carbocycles. The normalized spacial score (nSPS) is 12.4. The molecule has 2 aromatic rings. The van der Waals surface area contributed by atoms with E-state index >= 15 is 0 Å². The Hall–Kier alpha value is -1.48. The van der Waals surface area contributed by atoms with E-state index in [1.165, 1.54) is 0 Å². The van der Waals surface area contributed by atoms with Gasteiger partial charge in [0.25, 0.3) is 0 Å². The maximum absolute atomic E-state index is 5.93. The van der Waals surface area contributed by atoms with Crippen molar-refractivity contribution in [2.24, 2.45) is 0 Å². The van der Waals surface area contributed by atoms with E-state index in [9.17, 15) is 0 Å². The van der Waals surface area contributed by atoms with Gasteiger partial charge in [-0.2, -0.15) is 0 Å². The molecule has 0 spiro atoms. The van der Waals surface area contributed by atoms with Gasteiger partial charge in [-0.25, -0.2) is 4.98 Å². The van der Waals surface area contributed by atoms with E-state index in [0.29, 0.717) is 0 Å². The molecule has 0 saturated heterocycles. The molecule has 0 amide bonds. The molecule has 2 rings (SSSR count). The SMILES string of the molecule is COc1cccc2c(NCCC(C)Cl)nccc12. The van der Waals surface area contributed by atoms with Gasteiger partial charge < -0.3 is 10.1 Å². The summed E-state index contributed by atoms with van der Waals surface area (Å²) < 4.78 is 5.35. The molecule has 1 aromatic carbocycles. The predicted octanol–water partition coefficient (Wildman–Crippen LogP) is 3.67. The lowest BCUT2D eigenvalue weighted by molar-refractivity contribution is 0.420. The molecule has 1 N–H and O–H groups in total. The van der Waals surface area contributed by atoms with Gasteiger partial charge in [0, 0.05) is 28.9 Å². The number of fused-ring (bicyclic) bond motifs is 1. The number of alkyl halides is 1. The molecule has 4 heteroatoms. The van der Waals surface area contributed by atoms with Crippen LogP contribution in [0.3, 0.4) is 0 Å². The molecule has 0 bridgehead atoms. The zero-order valence-corrected chi connectivity index (χ0v) is 11.4. The zero-order valence-electron chi connectivity index (χ0n) is 10.6. The highest BCUT2D eigenvalue weighted by molar-refractivity contribution is 6.20. The Bertz CT molecular complexity index is 528. The average Bonchev–Trinajstić information content (AvgIpc) is 2.38. The van der Waals surface area contributed by atoms with Gasteiger partial charge in [-0.05, 0) is 25.5 Å². The second-order valence-corrected chi connectivity index (χ2v) is 4.96. The lowest BCUT2D eigenvalue weighted by atomic mass is 10.1. The summed E-state index contributed by atoms with van der Waals surface area (Å²) in [5.74, 6) is 1.74. The van der Waals surface area contributed by atoms with Crippen molar-refractivity contribution < 1.29 is 4.74 Å². The smallest absolute Gasteiger partial charge is 0.133 e. The van der Waals surface area contributed by atoms with Gasteiger partial charge in [-0.15, -0.1) is 11.6 Å². The highest BCUT2D eigenvalue weighted by Crippen LogP contribution is 2.28. The number of pyridine rings is 1. The highest BCUT2D eigenvalue weighted by atomic mass is 35.5. The topological polar surface area (TPSA) is 34.1 Å². The van der Waals surface area contributed by atoms with Crippen molar-refractivity contribution in [3.8, 4) is 5.75 Å². The number of methoxy groups -OCH3 is 1. The summed E-state index contributed by atoms with van der Waals surface area (Å²) >= 11 is 5.93. The molecule has 0 aliphatic carbocycles. The van der Waals surface area contributed by atoms with Crippen LogP contribution in [0.2, 0.25) is 0 Å². The van der Waals surface area contributed by atoms with E-state index < -0.39 is 0 Å². The molecule has 1 heterocycles. The minimum absolute atomic E-state index is 0.169. The van der Waals surface area contributed by atoms with Crippen molar-refractivity contribution in [3.63, 3.8) is 0 Å². The van der Waals surface area contributed by atoms with Gasteiger partial charge in [-0.3, -0.25) is 0 Å². The fraction of sp³-hybridized carbons (Fsp3) is 0.357. The van der Waals surface area contributed by atoms with E-state index in [0.717, 1.165) is 35.3 Å². The van der Waals surface area contributed by atoms with Crippen LogP contribution in [0, 0.1) is 0 Å². The molecule has 18 heavy (non-hydrogen) atoms. The summed E-state index contributed by atoms with van der Waals surface area (Å²) in [5.41, 5.74) is 0. The molecular formula is C14H17ClN2O. The minimum atomic E-state index is 0.169. The quantitative estimate of drug-likeness (QED) is 0.837. The summed E-state index contributed by atoms with van der Waals surface area (Å²) in [5, 5.41) is 5.62. The van der Waals surface area contributed by atoms with Gasteiger partial charge in [0.1, 0.15) is 11.6 Å². The monoisotopic (exact) mass is 264 g/mol. The van der Waals surface area contributed by atoms with Gasteiger partial charge in [0.2, 0.25) is 0 Å². The average molecular weight is 265 g/mol. The third-order valence-corrected chi connectivity index (χ3v) is 3.04. The Kier molecular flexibility index (Phi) is 4.26. The summed E-state index contributed by atoms with van der Waals surface area (Å²) in [6, 6.07) is 7.92. The lowest BCUT2D eigenvalue weighted by Gasteiger charge is -2.11. The first-order chi connectivity index (χ1) is 8.72. The van der Waals surface area contributed by atoms with E-state index in [1.54, 1.807) is 13.3 Å². The van der Waals surface area contributed by atoms with Crippen molar-refractivity contribution in [2.75, 3.05) is 19.0 Å². The molecule has 96 valence electrons. The van der Waals surface area contributed by atoms with Gasteiger partial charge >= 0.3 is 0 Å². The Morgan fingerprint density at radius 3 is 2.89 bits per heavy atom. The maximum atomic E-state index is 5.93. The second-order valence-electron chi connectivity index (χ2n) is 4.21. The van der Waals surface area contributed by atoms with E-state index in [-0.39, 0.29) is 5.38 Å². The van der Waals surface area contributed by atoms with Crippen LogP contribution in [0.25, 0.3) is 10.8 Å². The summed E-state index contributed by atoms with van der Waals surface area (Å²) in [7, 11) is 1.68. The minimum Gasteiger partial charge on any atom is -0.496 e. The van der Waals surface area contributed by atoms with Crippen LogP contribution < -0.4 is 10.1 Å². The number of halogens is 1. The highest BCUT2D eigenvalue weighted by Gasteiger charge is 2.06. The van der Waals surface area contributed by atoms with Gasteiger partial charge in [-0.1, -0.05) is 12.1 Å². The number of hydrogen-bond donors (Lipinski definition) is 1. The first-order valence-corrected chi connectivity index (χ1v) is 6.45. The van der Waals surface area contributed by atoms with Crippen LogP contribution in [-0.4, -0.2) is 24.0 Å². The predicted molar refractivity (Wildman–Crippen MR) is 76.7 cm³/mol. The number of nitrogens with zero attached hydrogens (tertiary/aromatic N) is 1. The van der Waals surface area contributed by atoms with Crippen molar-refractivity contribution in [1.82, 2.24) is 4.98 Å². The third-order valence-electron chi connectivity index (χ3n) is 2.82. The van der Waals surface area contributed by atoms with Crippen LogP contribution in [-0.2, 0) is 0 Å². The van der Waals surface area contributed by atoms with Gasteiger partial charge in [0.05, 0.1) is 7.11 Å². The molecule has 0 aliphatic rings. The first-order valence-electron chi connectivity index (χ1n) is 6.02. The molecule has 3 nitrogen and oxygen atoms in total. The third kappa shape index (κ3) is 2.85. The van der Waals surface area contributed by atoms with E-state index in [4.69, 9.17) is 16.3 Å². The number of rotatable bonds is 5. The Morgan fingerprint density at radius 1 is 1.33 bits per heavy atom. The number of ether oxygens (including phenoxy) is 1. The summed E-state index contributed by atoms with van der Waals surface area (Å²) in [4.78, 5) is 4.37. The lowest BCUT2D eigenvalue weighted by Crippen LogP contribution is -2.07. The number of benzene rings is 1. The summed E-state index contributed by atoms with van der Waals surface area (Å²) in [6.45, 7) is 2.80. The first kappa shape index (κ1) is 13.0. The van der Waals surface area contributed by atoms with Crippen molar-refractivity contribution in [3.05, 3.63) is 30.5 Å². The molecule has 0 radical (unpaired) electrons. The largest absolute Gasteiger partial charge is 0.496 e. The van der Waals surface area contributed by atoms with E-state index in [1.807, 2.05) is 31.2 Å². The molecule has 0 fully saturated rings. The van der Waals surface area contributed by atoms with Crippen LogP contribution in [0.15, 0.2) is 30.5 Å². The van der Waals surface area contributed by atoms with Crippen LogP contribution in [0.1, 0.15) is 13.3 Å². The Labute approximate surface area is 112 Å². The Morgan fingerprint density at radius 2 is 2.17 bits per heavy atom. The van der Waals surface area contributed by atoms with Crippen molar-refractivity contribution in [1.29, 1.82) is 0 Å².